The molecule has 0 unspecified atom stereocenters. The van der Waals surface area contributed by atoms with Crippen LogP contribution in [0.25, 0.3) is 11.5 Å². The van der Waals surface area contributed by atoms with E-state index in [2.05, 4.69) is 22.4 Å². The van der Waals surface area contributed by atoms with Gasteiger partial charge < -0.3 is 14.6 Å². The zero-order chi connectivity index (χ0) is 23.6. The first kappa shape index (κ1) is 23.2. The summed E-state index contributed by atoms with van der Waals surface area (Å²) in [7, 11) is 0. The van der Waals surface area contributed by atoms with Crippen LogP contribution < -0.4 is 5.32 Å². The predicted octanol–water partition coefficient (Wildman–Crippen LogP) is 3.63. The van der Waals surface area contributed by atoms with Gasteiger partial charge in [0.05, 0.1) is 17.1 Å². The van der Waals surface area contributed by atoms with E-state index in [1.54, 1.807) is 18.2 Å². The Morgan fingerprint density at radius 3 is 2.70 bits per heavy atom. The number of benzene rings is 1. The lowest BCUT2D eigenvalue weighted by molar-refractivity contribution is -0.140. The molecule has 0 atom stereocenters. The van der Waals surface area contributed by atoms with Crippen molar-refractivity contribution in [3.8, 4) is 11.5 Å². The van der Waals surface area contributed by atoms with Crippen LogP contribution in [-0.4, -0.2) is 56.5 Å². The smallest absolute Gasteiger partial charge is 0.325 e. The molecule has 1 aliphatic carbocycles. The van der Waals surface area contributed by atoms with Gasteiger partial charge in [-0.25, -0.2) is 4.79 Å². The maximum absolute atomic E-state index is 13.1. The number of aromatic nitrogens is 2. The number of halogens is 1. The summed E-state index contributed by atoms with van der Waals surface area (Å²) in [5.41, 5.74) is -0.256. The molecule has 2 aliphatic rings. The third kappa shape index (κ3) is 4.73. The highest BCUT2D eigenvalue weighted by molar-refractivity contribution is 6.33. The molecule has 1 aliphatic heterocycles. The number of nitrogens with zero attached hydrogens (tertiary/aromatic N) is 4. The molecule has 1 spiro atoms. The second-order valence-electron chi connectivity index (χ2n) is 8.88. The van der Waals surface area contributed by atoms with E-state index in [1.165, 1.54) is 4.90 Å². The molecule has 2 fully saturated rings. The van der Waals surface area contributed by atoms with Gasteiger partial charge in [-0.3, -0.25) is 14.5 Å². The zero-order valence-electron chi connectivity index (χ0n) is 18.8. The van der Waals surface area contributed by atoms with Gasteiger partial charge in [-0.15, -0.1) is 10.2 Å². The van der Waals surface area contributed by atoms with E-state index in [1.807, 2.05) is 13.0 Å². The summed E-state index contributed by atoms with van der Waals surface area (Å²) in [4.78, 5) is 41.3. The minimum atomic E-state index is -0.865. The number of urea groups is 1. The molecule has 2 heterocycles. The van der Waals surface area contributed by atoms with Gasteiger partial charge in [-0.05, 0) is 50.2 Å². The SMILES string of the molecule is CCCN(Cc1nnc(-c2ccccc2Cl)o1)C(=O)CN1C(=O)NC2(CCC(C)CC2)C1=O. The lowest BCUT2D eigenvalue weighted by atomic mass is 9.77. The molecule has 33 heavy (non-hydrogen) atoms. The van der Waals surface area contributed by atoms with Crippen molar-refractivity contribution in [3.05, 3.63) is 35.2 Å². The van der Waals surface area contributed by atoms with E-state index in [4.69, 9.17) is 16.0 Å². The number of carbonyl (C=O) groups excluding carboxylic acids is 3. The molecule has 1 saturated carbocycles. The normalized spacial score (nSPS) is 22.6. The van der Waals surface area contributed by atoms with E-state index >= 15 is 0 Å². The first-order valence-corrected chi connectivity index (χ1v) is 11.7. The number of imide groups is 1. The Labute approximate surface area is 197 Å². The predicted molar refractivity (Wildman–Crippen MR) is 121 cm³/mol. The maximum Gasteiger partial charge on any atom is 0.325 e. The molecule has 10 heteroatoms. The average molecular weight is 474 g/mol. The van der Waals surface area contributed by atoms with Gasteiger partial charge in [0.25, 0.3) is 5.91 Å². The fourth-order valence-electron chi connectivity index (χ4n) is 4.43. The van der Waals surface area contributed by atoms with Gasteiger partial charge in [-0.2, -0.15) is 0 Å². The van der Waals surface area contributed by atoms with Crippen molar-refractivity contribution in [2.75, 3.05) is 13.1 Å². The molecule has 9 nitrogen and oxygen atoms in total. The second kappa shape index (κ2) is 9.51. The van der Waals surface area contributed by atoms with E-state index in [9.17, 15) is 14.4 Å². The van der Waals surface area contributed by atoms with Crippen molar-refractivity contribution in [2.45, 2.75) is 58.0 Å². The maximum atomic E-state index is 13.1. The Morgan fingerprint density at radius 2 is 2.00 bits per heavy atom. The van der Waals surface area contributed by atoms with Crippen molar-refractivity contribution in [2.24, 2.45) is 5.92 Å². The molecule has 1 aromatic heterocycles. The van der Waals surface area contributed by atoms with Crippen molar-refractivity contribution >= 4 is 29.4 Å². The van der Waals surface area contributed by atoms with Crippen LogP contribution in [0.15, 0.2) is 28.7 Å². The standard InChI is InChI=1S/C23H28ClN5O4/c1-3-12-28(13-18-26-27-20(33-18)16-6-4-5-7-17(16)24)19(30)14-29-21(31)23(25-22(29)32)10-8-15(2)9-11-23/h4-7,15H,3,8-14H2,1-2H3,(H,25,32). The third-order valence-corrected chi connectivity index (χ3v) is 6.74. The molecular weight excluding hydrogens is 446 g/mol. The lowest BCUT2D eigenvalue weighted by Crippen LogP contribution is -2.50. The number of rotatable bonds is 7. The summed E-state index contributed by atoms with van der Waals surface area (Å²) in [6, 6.07) is 6.62. The number of amides is 4. The van der Waals surface area contributed by atoms with Crippen molar-refractivity contribution < 1.29 is 18.8 Å². The quantitative estimate of drug-likeness (QED) is 0.615. The Hall–Kier alpha value is -2.94. The Balaban J connectivity index is 1.44. The summed E-state index contributed by atoms with van der Waals surface area (Å²) in [6.07, 6.45) is 3.66. The number of hydrogen-bond acceptors (Lipinski definition) is 6. The Morgan fingerprint density at radius 1 is 1.27 bits per heavy atom. The molecule has 2 aromatic rings. The largest absolute Gasteiger partial charge is 0.419 e. The van der Waals surface area contributed by atoms with Crippen LogP contribution in [0.4, 0.5) is 4.79 Å². The van der Waals surface area contributed by atoms with Crippen LogP contribution in [0, 0.1) is 5.92 Å². The molecule has 1 saturated heterocycles. The van der Waals surface area contributed by atoms with Gasteiger partial charge in [0, 0.05) is 6.54 Å². The van der Waals surface area contributed by atoms with Gasteiger partial charge in [0.2, 0.25) is 17.7 Å². The molecule has 1 aromatic carbocycles. The molecule has 176 valence electrons. The van der Waals surface area contributed by atoms with Crippen molar-refractivity contribution in [1.29, 1.82) is 0 Å². The van der Waals surface area contributed by atoms with E-state index in [0.29, 0.717) is 42.3 Å². The second-order valence-corrected chi connectivity index (χ2v) is 9.29. The molecule has 4 rings (SSSR count). The molecule has 4 amide bonds. The molecule has 0 bridgehead atoms. The van der Waals surface area contributed by atoms with Crippen LogP contribution in [0.1, 0.15) is 51.8 Å². The highest BCUT2D eigenvalue weighted by atomic mass is 35.5. The van der Waals surface area contributed by atoms with Gasteiger partial charge in [-0.1, -0.05) is 37.6 Å². The minimum Gasteiger partial charge on any atom is -0.419 e. The summed E-state index contributed by atoms with van der Waals surface area (Å²) < 4.78 is 5.73. The molecule has 0 radical (unpaired) electrons. The fraction of sp³-hybridized carbons (Fsp3) is 0.522. The van der Waals surface area contributed by atoms with E-state index < -0.39 is 11.6 Å². The summed E-state index contributed by atoms with van der Waals surface area (Å²) in [5.74, 6) is 0.395. The number of carbonyl (C=O) groups is 3. The third-order valence-electron chi connectivity index (χ3n) is 6.41. The van der Waals surface area contributed by atoms with E-state index in [-0.39, 0.29) is 36.7 Å². The van der Waals surface area contributed by atoms with Crippen molar-refractivity contribution in [3.63, 3.8) is 0 Å². The first-order valence-electron chi connectivity index (χ1n) is 11.3. The van der Waals surface area contributed by atoms with Crippen LogP contribution in [0.5, 0.6) is 0 Å². The summed E-state index contributed by atoms with van der Waals surface area (Å²) in [6.45, 7) is 4.28. The Bertz CT molecular complexity index is 1050. The van der Waals surface area contributed by atoms with E-state index in [0.717, 1.165) is 17.7 Å². The zero-order valence-corrected chi connectivity index (χ0v) is 19.6. The Kier molecular flexibility index (Phi) is 6.69. The average Bonchev–Trinajstić information content (AvgIpc) is 3.34. The van der Waals surface area contributed by atoms with Gasteiger partial charge in [0.1, 0.15) is 12.1 Å². The van der Waals surface area contributed by atoms with Gasteiger partial charge in [0.15, 0.2) is 0 Å². The van der Waals surface area contributed by atoms with Crippen LogP contribution in [0.2, 0.25) is 5.02 Å². The first-order chi connectivity index (χ1) is 15.8. The highest BCUT2D eigenvalue weighted by Gasteiger charge is 2.52. The summed E-state index contributed by atoms with van der Waals surface area (Å²) in [5, 5.41) is 11.4. The summed E-state index contributed by atoms with van der Waals surface area (Å²) >= 11 is 6.20. The monoisotopic (exact) mass is 473 g/mol. The van der Waals surface area contributed by atoms with Gasteiger partial charge >= 0.3 is 6.03 Å². The fourth-order valence-corrected chi connectivity index (χ4v) is 4.65. The van der Waals surface area contributed by atoms with Crippen LogP contribution in [0.3, 0.4) is 0 Å². The van der Waals surface area contributed by atoms with Crippen LogP contribution >= 0.6 is 11.6 Å². The topological polar surface area (TPSA) is 109 Å². The molecular formula is C23H28ClN5O4. The minimum absolute atomic E-state index is 0.0798. The highest BCUT2D eigenvalue weighted by Crippen LogP contribution is 2.36. The van der Waals surface area contributed by atoms with Crippen molar-refractivity contribution in [1.82, 2.24) is 25.3 Å². The number of nitrogens with one attached hydrogen (secondary N) is 1. The molecule has 1 N–H and O–H groups in total. The lowest BCUT2D eigenvalue weighted by Gasteiger charge is -2.33. The van der Waals surface area contributed by atoms with Crippen LogP contribution in [-0.2, 0) is 16.1 Å². The number of hydrogen-bond donors (Lipinski definition) is 1.